The number of aryl methyl sites for hydroxylation is 2. The third-order valence-corrected chi connectivity index (χ3v) is 5.06. The van der Waals surface area contributed by atoms with E-state index in [9.17, 15) is 4.79 Å². The third kappa shape index (κ3) is 4.68. The van der Waals surface area contributed by atoms with Crippen LogP contribution in [-0.4, -0.2) is 35.8 Å². The Kier molecular flexibility index (Phi) is 7.15. The SMILES string of the molecule is CCCCCCCCN1CN(C)C=C1C(=O)c1c(C)oc(C)c1CC. The molecular formula is C21H34N2O2. The topological polar surface area (TPSA) is 36.7 Å². The Balaban J connectivity index is 2.03. The van der Waals surface area contributed by atoms with Crippen molar-refractivity contribution in [2.75, 3.05) is 20.3 Å². The van der Waals surface area contributed by atoms with Gasteiger partial charge in [-0.3, -0.25) is 4.79 Å². The van der Waals surface area contributed by atoms with Crippen molar-refractivity contribution in [1.82, 2.24) is 9.80 Å². The van der Waals surface area contributed by atoms with Crippen LogP contribution in [0.25, 0.3) is 0 Å². The van der Waals surface area contributed by atoms with Crippen LogP contribution < -0.4 is 0 Å². The van der Waals surface area contributed by atoms with E-state index in [1.54, 1.807) is 0 Å². The molecule has 1 aromatic rings. The molecule has 0 spiro atoms. The van der Waals surface area contributed by atoms with Crippen molar-refractivity contribution < 1.29 is 9.21 Å². The van der Waals surface area contributed by atoms with Crippen LogP contribution in [-0.2, 0) is 6.42 Å². The highest BCUT2D eigenvalue weighted by atomic mass is 16.3. The summed E-state index contributed by atoms with van der Waals surface area (Å²) < 4.78 is 5.74. The molecule has 0 N–H and O–H groups in total. The van der Waals surface area contributed by atoms with Crippen molar-refractivity contribution in [2.45, 2.75) is 72.6 Å². The fourth-order valence-corrected chi connectivity index (χ4v) is 3.73. The van der Waals surface area contributed by atoms with Crippen LogP contribution in [0.2, 0.25) is 0 Å². The number of hydrogen-bond donors (Lipinski definition) is 0. The van der Waals surface area contributed by atoms with E-state index >= 15 is 0 Å². The fraction of sp³-hybridized carbons (Fsp3) is 0.667. The Bertz CT molecular complexity index is 616. The van der Waals surface area contributed by atoms with Crippen molar-refractivity contribution in [3.63, 3.8) is 0 Å². The molecule has 0 amide bonds. The Labute approximate surface area is 152 Å². The number of hydrogen-bond acceptors (Lipinski definition) is 4. The smallest absolute Gasteiger partial charge is 0.214 e. The van der Waals surface area contributed by atoms with Gasteiger partial charge < -0.3 is 14.2 Å². The molecular weight excluding hydrogens is 312 g/mol. The Hall–Kier alpha value is -1.71. The number of ketones is 1. The summed E-state index contributed by atoms with van der Waals surface area (Å²) in [5.41, 5.74) is 2.64. The van der Waals surface area contributed by atoms with Crippen LogP contribution >= 0.6 is 0 Å². The van der Waals surface area contributed by atoms with Crippen LogP contribution in [0.15, 0.2) is 16.3 Å². The Morgan fingerprint density at radius 2 is 1.76 bits per heavy atom. The first kappa shape index (κ1) is 19.6. The van der Waals surface area contributed by atoms with Crippen LogP contribution in [0.5, 0.6) is 0 Å². The van der Waals surface area contributed by atoms with Gasteiger partial charge in [0.2, 0.25) is 5.78 Å². The van der Waals surface area contributed by atoms with Gasteiger partial charge in [0.15, 0.2) is 0 Å². The predicted octanol–water partition coefficient (Wildman–Crippen LogP) is 5.05. The van der Waals surface area contributed by atoms with E-state index in [0.29, 0.717) is 0 Å². The van der Waals surface area contributed by atoms with Crippen molar-refractivity contribution in [3.8, 4) is 0 Å². The molecule has 140 valence electrons. The quantitative estimate of drug-likeness (QED) is 0.439. The maximum atomic E-state index is 13.2. The van der Waals surface area contributed by atoms with Crippen molar-refractivity contribution in [2.24, 2.45) is 0 Å². The zero-order valence-corrected chi connectivity index (χ0v) is 16.7. The molecule has 0 unspecified atom stereocenters. The maximum absolute atomic E-state index is 13.2. The molecule has 4 heteroatoms. The van der Waals surface area contributed by atoms with E-state index in [2.05, 4.69) is 23.6 Å². The van der Waals surface area contributed by atoms with Gasteiger partial charge in [0.25, 0.3) is 0 Å². The van der Waals surface area contributed by atoms with Crippen molar-refractivity contribution in [3.05, 3.63) is 34.5 Å². The first-order chi connectivity index (χ1) is 12.0. The second kappa shape index (κ2) is 9.12. The lowest BCUT2D eigenvalue weighted by atomic mass is 10.0. The summed E-state index contributed by atoms with van der Waals surface area (Å²) in [6, 6.07) is 0. The Morgan fingerprint density at radius 3 is 2.44 bits per heavy atom. The minimum Gasteiger partial charge on any atom is -0.466 e. The zero-order chi connectivity index (χ0) is 18.4. The molecule has 0 atom stereocenters. The van der Waals surface area contributed by atoms with Crippen LogP contribution in [0, 0.1) is 13.8 Å². The van der Waals surface area contributed by atoms with E-state index in [-0.39, 0.29) is 5.78 Å². The molecule has 0 fully saturated rings. The van der Waals surface area contributed by atoms with Gasteiger partial charge in [0, 0.05) is 25.4 Å². The average Bonchev–Trinajstić information content (AvgIpc) is 3.08. The monoisotopic (exact) mass is 346 g/mol. The van der Waals surface area contributed by atoms with Gasteiger partial charge in [0.1, 0.15) is 17.2 Å². The number of carbonyl (C=O) groups excluding carboxylic acids is 1. The first-order valence-corrected chi connectivity index (χ1v) is 9.80. The Morgan fingerprint density at radius 1 is 1.08 bits per heavy atom. The minimum absolute atomic E-state index is 0.113. The number of allylic oxidation sites excluding steroid dienone is 1. The van der Waals surface area contributed by atoms with Crippen LogP contribution in [0.3, 0.4) is 0 Å². The lowest BCUT2D eigenvalue weighted by Crippen LogP contribution is -2.29. The lowest BCUT2D eigenvalue weighted by Gasteiger charge is -2.22. The van der Waals surface area contributed by atoms with Gasteiger partial charge in [-0.25, -0.2) is 0 Å². The molecule has 4 nitrogen and oxygen atoms in total. The zero-order valence-electron chi connectivity index (χ0n) is 16.7. The molecule has 1 aliphatic heterocycles. The van der Waals surface area contributed by atoms with E-state index in [1.807, 2.05) is 27.1 Å². The van der Waals surface area contributed by atoms with E-state index < -0.39 is 0 Å². The van der Waals surface area contributed by atoms with Crippen LogP contribution in [0.4, 0.5) is 0 Å². The molecule has 2 rings (SSSR count). The molecule has 0 radical (unpaired) electrons. The van der Waals surface area contributed by atoms with Gasteiger partial charge in [-0.2, -0.15) is 0 Å². The van der Waals surface area contributed by atoms with E-state index in [1.165, 1.54) is 32.1 Å². The molecule has 0 bridgehead atoms. The molecule has 0 aliphatic carbocycles. The second-order valence-corrected chi connectivity index (χ2v) is 7.19. The minimum atomic E-state index is 0.113. The number of Topliss-reactive ketones (excluding diaryl/α,β-unsaturated/α-hetero) is 1. The molecule has 2 heterocycles. The fourth-order valence-electron chi connectivity index (χ4n) is 3.73. The molecule has 0 saturated heterocycles. The number of rotatable bonds is 10. The van der Waals surface area contributed by atoms with E-state index in [0.717, 1.165) is 54.4 Å². The highest BCUT2D eigenvalue weighted by Crippen LogP contribution is 2.28. The molecule has 25 heavy (non-hydrogen) atoms. The summed E-state index contributed by atoms with van der Waals surface area (Å²) in [5, 5.41) is 0. The van der Waals surface area contributed by atoms with Gasteiger partial charge in [0.05, 0.1) is 12.2 Å². The summed E-state index contributed by atoms with van der Waals surface area (Å²) >= 11 is 0. The summed E-state index contributed by atoms with van der Waals surface area (Å²) in [7, 11) is 2.03. The summed E-state index contributed by atoms with van der Waals surface area (Å²) in [4.78, 5) is 17.5. The average molecular weight is 347 g/mol. The highest BCUT2D eigenvalue weighted by molar-refractivity contribution is 6.10. The molecule has 0 aromatic carbocycles. The number of unbranched alkanes of at least 4 members (excludes halogenated alkanes) is 5. The maximum Gasteiger partial charge on any atom is 0.214 e. The molecule has 1 aromatic heterocycles. The van der Waals surface area contributed by atoms with Gasteiger partial charge in [-0.05, 0) is 26.7 Å². The van der Waals surface area contributed by atoms with Gasteiger partial charge >= 0.3 is 0 Å². The van der Waals surface area contributed by atoms with E-state index in [4.69, 9.17) is 4.42 Å². The standard InChI is InChI=1S/C21H34N2O2/c1-6-8-9-10-11-12-13-23-15-22(5)14-19(23)21(24)20-17(4)25-16(3)18(20)7-2/h14H,6-13,15H2,1-5H3. The summed E-state index contributed by atoms with van der Waals surface area (Å²) in [5.74, 6) is 1.73. The summed E-state index contributed by atoms with van der Waals surface area (Å²) in [6.45, 7) is 9.92. The largest absolute Gasteiger partial charge is 0.466 e. The van der Waals surface area contributed by atoms with Gasteiger partial charge in [-0.1, -0.05) is 46.0 Å². The highest BCUT2D eigenvalue weighted by Gasteiger charge is 2.29. The van der Waals surface area contributed by atoms with Crippen LogP contribution in [0.1, 0.15) is 79.8 Å². The normalized spacial score (nSPS) is 14.4. The van der Waals surface area contributed by atoms with Crippen molar-refractivity contribution in [1.29, 1.82) is 0 Å². The van der Waals surface area contributed by atoms with Crippen molar-refractivity contribution >= 4 is 5.78 Å². The lowest BCUT2D eigenvalue weighted by molar-refractivity contribution is 0.0991. The molecule has 0 saturated carbocycles. The first-order valence-electron chi connectivity index (χ1n) is 9.80. The number of carbonyl (C=O) groups is 1. The predicted molar refractivity (Wildman–Crippen MR) is 103 cm³/mol. The van der Waals surface area contributed by atoms with Gasteiger partial charge in [-0.15, -0.1) is 0 Å². The second-order valence-electron chi connectivity index (χ2n) is 7.19. The number of nitrogens with zero attached hydrogens (tertiary/aromatic N) is 2. The summed E-state index contributed by atoms with van der Waals surface area (Å²) in [6.07, 6.45) is 10.4. The number of furan rings is 1. The molecule has 1 aliphatic rings. The third-order valence-electron chi connectivity index (χ3n) is 5.06.